The van der Waals surface area contributed by atoms with Crippen LogP contribution in [0.2, 0.25) is 0 Å². The summed E-state index contributed by atoms with van der Waals surface area (Å²) in [6.45, 7) is 0. The third-order valence-corrected chi connectivity index (χ3v) is 8.01. The van der Waals surface area contributed by atoms with Crippen LogP contribution in [0.15, 0.2) is 88.7 Å². The van der Waals surface area contributed by atoms with E-state index in [2.05, 4.69) is 0 Å². The van der Waals surface area contributed by atoms with E-state index < -0.39 is 20.2 Å². The summed E-state index contributed by atoms with van der Waals surface area (Å²) in [5, 5.41) is 0. The van der Waals surface area contributed by atoms with Crippen molar-refractivity contribution in [1.82, 2.24) is 0 Å². The summed E-state index contributed by atoms with van der Waals surface area (Å²) >= 11 is 0. The molecular formula is C24H24O6S2. The van der Waals surface area contributed by atoms with Crippen molar-refractivity contribution in [1.29, 1.82) is 0 Å². The molecule has 1 aliphatic carbocycles. The van der Waals surface area contributed by atoms with Gasteiger partial charge in [-0.25, -0.2) is 0 Å². The third-order valence-electron chi connectivity index (χ3n) is 5.50. The smallest absolute Gasteiger partial charge is 0.339 e. The van der Waals surface area contributed by atoms with Gasteiger partial charge in [0, 0.05) is 5.56 Å². The topological polar surface area (TPSA) is 86.7 Å². The van der Waals surface area contributed by atoms with Gasteiger partial charge < -0.3 is 8.37 Å². The minimum atomic E-state index is -4.02. The van der Waals surface area contributed by atoms with Gasteiger partial charge >= 0.3 is 20.2 Å². The first-order valence-corrected chi connectivity index (χ1v) is 13.3. The van der Waals surface area contributed by atoms with Gasteiger partial charge in [0.25, 0.3) is 0 Å². The van der Waals surface area contributed by atoms with Crippen molar-refractivity contribution in [3.05, 3.63) is 84.4 Å². The lowest BCUT2D eigenvalue weighted by Crippen LogP contribution is -2.14. The van der Waals surface area contributed by atoms with Gasteiger partial charge in [0.2, 0.25) is 0 Å². The Morgan fingerprint density at radius 1 is 0.625 bits per heavy atom. The first-order valence-electron chi connectivity index (χ1n) is 10.5. The monoisotopic (exact) mass is 472 g/mol. The van der Waals surface area contributed by atoms with Crippen LogP contribution in [0.3, 0.4) is 0 Å². The highest BCUT2D eigenvalue weighted by Crippen LogP contribution is 2.40. The Balaban J connectivity index is 1.68. The molecule has 168 valence electrons. The van der Waals surface area contributed by atoms with E-state index in [4.69, 9.17) is 8.37 Å². The summed E-state index contributed by atoms with van der Waals surface area (Å²) in [5.74, 6) is 0.386. The van der Waals surface area contributed by atoms with E-state index in [0.29, 0.717) is 5.56 Å². The molecule has 6 nitrogen and oxygen atoms in total. The molecule has 0 amide bonds. The van der Waals surface area contributed by atoms with Gasteiger partial charge in [-0.15, -0.1) is 0 Å². The highest BCUT2D eigenvalue weighted by atomic mass is 32.2. The van der Waals surface area contributed by atoms with E-state index in [9.17, 15) is 16.8 Å². The molecular weight excluding hydrogens is 448 g/mol. The standard InChI is InChI=1S/C24H24O6S2/c25-31(26,21-12-6-2-7-13-21)29-20-16-17-24(23(18-20)19-10-4-1-5-11-19)30-32(27,28)22-14-8-3-9-15-22/h2-3,6-9,12-19H,1,4-5,10-11H2. The second kappa shape index (κ2) is 9.34. The molecule has 1 aliphatic rings. The first kappa shape index (κ1) is 22.4. The van der Waals surface area contributed by atoms with Crippen LogP contribution in [0.5, 0.6) is 11.5 Å². The Hall–Kier alpha value is -2.84. The van der Waals surface area contributed by atoms with E-state index in [1.165, 1.54) is 36.4 Å². The molecule has 0 atom stereocenters. The van der Waals surface area contributed by atoms with Crippen molar-refractivity contribution in [3.8, 4) is 11.5 Å². The molecule has 4 rings (SSSR count). The van der Waals surface area contributed by atoms with Crippen molar-refractivity contribution < 1.29 is 25.2 Å². The zero-order chi connectivity index (χ0) is 22.6. The Labute approximate surface area is 189 Å². The molecule has 32 heavy (non-hydrogen) atoms. The van der Waals surface area contributed by atoms with E-state index >= 15 is 0 Å². The average Bonchev–Trinajstić information content (AvgIpc) is 2.81. The molecule has 1 saturated carbocycles. The molecule has 0 spiro atoms. The van der Waals surface area contributed by atoms with Crippen molar-refractivity contribution in [2.24, 2.45) is 0 Å². The van der Waals surface area contributed by atoms with Gasteiger partial charge in [-0.1, -0.05) is 55.7 Å². The number of hydrogen-bond acceptors (Lipinski definition) is 6. The van der Waals surface area contributed by atoms with Gasteiger partial charge in [0.05, 0.1) is 0 Å². The van der Waals surface area contributed by atoms with E-state index in [1.54, 1.807) is 42.5 Å². The predicted octanol–water partition coefficient (Wildman–Crippen LogP) is 5.27. The zero-order valence-corrected chi connectivity index (χ0v) is 19.0. The fourth-order valence-corrected chi connectivity index (χ4v) is 5.82. The first-order chi connectivity index (χ1) is 15.4. The van der Waals surface area contributed by atoms with E-state index in [1.807, 2.05) is 0 Å². The molecule has 0 aliphatic heterocycles. The summed E-state index contributed by atoms with van der Waals surface area (Å²) in [4.78, 5) is 0.104. The van der Waals surface area contributed by atoms with Crippen LogP contribution >= 0.6 is 0 Å². The summed E-state index contributed by atoms with van der Waals surface area (Å²) in [6, 6.07) is 20.3. The summed E-state index contributed by atoms with van der Waals surface area (Å²) in [5.41, 5.74) is 0.643. The maximum absolute atomic E-state index is 12.8. The molecule has 0 aromatic heterocycles. The number of benzene rings is 3. The van der Waals surface area contributed by atoms with Crippen LogP contribution in [0, 0.1) is 0 Å². The van der Waals surface area contributed by atoms with Crippen molar-refractivity contribution >= 4 is 20.2 Å². The fourth-order valence-electron chi connectivity index (χ4n) is 3.90. The fraction of sp³-hybridized carbons (Fsp3) is 0.250. The van der Waals surface area contributed by atoms with E-state index in [-0.39, 0.29) is 27.2 Å². The third kappa shape index (κ3) is 5.14. The number of hydrogen-bond donors (Lipinski definition) is 0. The summed E-state index contributed by atoms with van der Waals surface area (Å²) in [6.07, 6.45) is 4.90. The molecule has 8 heteroatoms. The Kier molecular flexibility index (Phi) is 6.53. The van der Waals surface area contributed by atoms with E-state index in [0.717, 1.165) is 32.1 Å². The van der Waals surface area contributed by atoms with Crippen LogP contribution in [0.25, 0.3) is 0 Å². The highest BCUT2D eigenvalue weighted by Gasteiger charge is 2.25. The molecule has 1 fully saturated rings. The lowest BCUT2D eigenvalue weighted by molar-refractivity contribution is 0.426. The molecule has 0 radical (unpaired) electrons. The summed E-state index contributed by atoms with van der Waals surface area (Å²) < 4.78 is 61.7. The Bertz CT molecular complexity index is 1260. The van der Waals surface area contributed by atoms with Gasteiger partial charge in [0.15, 0.2) is 0 Å². The van der Waals surface area contributed by atoms with Crippen molar-refractivity contribution in [2.75, 3.05) is 0 Å². The molecule has 0 bridgehead atoms. The molecule has 0 unspecified atom stereocenters. The van der Waals surface area contributed by atoms with Gasteiger partial charge in [-0.3, -0.25) is 0 Å². The normalized spacial score (nSPS) is 15.2. The van der Waals surface area contributed by atoms with Crippen LogP contribution in [-0.4, -0.2) is 16.8 Å². The zero-order valence-electron chi connectivity index (χ0n) is 17.4. The quantitative estimate of drug-likeness (QED) is 0.436. The Morgan fingerprint density at radius 3 is 1.72 bits per heavy atom. The van der Waals surface area contributed by atoms with Crippen LogP contribution < -0.4 is 8.37 Å². The summed E-state index contributed by atoms with van der Waals surface area (Å²) in [7, 11) is -8.04. The second-order valence-electron chi connectivity index (χ2n) is 7.74. The minimum Gasteiger partial charge on any atom is -0.379 e. The maximum Gasteiger partial charge on any atom is 0.339 e. The average molecular weight is 473 g/mol. The maximum atomic E-state index is 12.8. The molecule has 3 aromatic carbocycles. The minimum absolute atomic E-state index is 0.0474. The van der Waals surface area contributed by atoms with Crippen molar-refractivity contribution in [2.45, 2.75) is 47.8 Å². The van der Waals surface area contributed by atoms with Crippen LogP contribution in [0.4, 0.5) is 0 Å². The molecule has 3 aromatic rings. The molecule has 0 N–H and O–H groups in total. The number of rotatable bonds is 7. The lowest BCUT2D eigenvalue weighted by atomic mass is 9.83. The lowest BCUT2D eigenvalue weighted by Gasteiger charge is -2.24. The van der Waals surface area contributed by atoms with Crippen molar-refractivity contribution in [3.63, 3.8) is 0 Å². The van der Waals surface area contributed by atoms with Gasteiger partial charge in [-0.05, 0) is 61.2 Å². The predicted molar refractivity (Wildman–Crippen MR) is 121 cm³/mol. The SMILES string of the molecule is O=S(=O)(Oc1ccc(OS(=O)(=O)c2ccccc2)c(C2CCCCC2)c1)c1ccccc1. The van der Waals surface area contributed by atoms with Crippen LogP contribution in [-0.2, 0) is 20.2 Å². The Morgan fingerprint density at radius 2 is 1.16 bits per heavy atom. The van der Waals surface area contributed by atoms with Crippen LogP contribution in [0.1, 0.15) is 43.6 Å². The molecule has 0 saturated heterocycles. The highest BCUT2D eigenvalue weighted by molar-refractivity contribution is 7.87. The second-order valence-corrected chi connectivity index (χ2v) is 10.8. The largest absolute Gasteiger partial charge is 0.379 e. The van der Waals surface area contributed by atoms with Gasteiger partial charge in [0.1, 0.15) is 21.3 Å². The van der Waals surface area contributed by atoms with Gasteiger partial charge in [-0.2, -0.15) is 16.8 Å². The molecule has 0 heterocycles.